The SMILES string of the molecule is C/C=C/C=C/C(=O)O[C@H]1C=CC(=O)[C@]2(C)[C@H]3CC[C@]4(C)C([C@H](C)[C@H]5CC(C)=C(C)C(=O)O5)=C[C@H](OC(C)=O)[C@@]4(O)[C@@H]3C[C@H]3O[C@]132. The molecule has 45 heavy (non-hydrogen) atoms. The summed E-state index contributed by atoms with van der Waals surface area (Å²) in [4.78, 5) is 51.7. The highest BCUT2D eigenvalue weighted by Crippen LogP contribution is 2.74. The molecule has 0 aromatic carbocycles. The summed E-state index contributed by atoms with van der Waals surface area (Å²) in [5.41, 5.74) is -2.01. The number of fused-ring (bicyclic) bond motifs is 4. The van der Waals surface area contributed by atoms with Crippen molar-refractivity contribution in [1.82, 2.24) is 0 Å². The third kappa shape index (κ3) is 4.25. The quantitative estimate of drug-likeness (QED) is 0.113. The normalized spacial score (nSPS) is 44.0. The van der Waals surface area contributed by atoms with E-state index in [4.69, 9.17) is 18.9 Å². The number of carbonyl (C=O) groups is 4. The molecule has 0 bridgehead atoms. The lowest BCUT2D eigenvalue weighted by Gasteiger charge is -2.61. The number of esters is 3. The third-order valence-corrected chi connectivity index (χ3v) is 12.3. The summed E-state index contributed by atoms with van der Waals surface area (Å²) >= 11 is 0. The average molecular weight is 621 g/mol. The predicted molar refractivity (Wildman–Crippen MR) is 163 cm³/mol. The molecule has 0 amide bonds. The number of carbonyl (C=O) groups excluding carboxylic acids is 4. The number of cyclic esters (lactones) is 1. The van der Waals surface area contributed by atoms with Gasteiger partial charge in [0.1, 0.15) is 23.4 Å². The molecule has 242 valence electrons. The standard InChI is InChI=1S/C36H44O9/c1-8-9-10-11-31(39)44-28-13-12-27(38)34(7)23-14-15-33(6)24(21(4)26-16-19(2)20(3)32(40)43-26)17-29(42-22(5)37)35(33,41)25(23)18-30-36(28,34)45-30/h8-13,17,21,23,25-26,28-30,41H,14-16,18H2,1-7H3/b9-8+,11-10+/t21-,23-,25+,26+,28-,29-,30+,33+,34-,35-,36+/m0/s1. The van der Waals surface area contributed by atoms with E-state index in [0.29, 0.717) is 31.3 Å². The molecule has 0 unspecified atom stereocenters. The van der Waals surface area contributed by atoms with Crippen LogP contribution in [-0.2, 0) is 38.1 Å². The summed E-state index contributed by atoms with van der Waals surface area (Å²) in [5.74, 6) is -2.57. The summed E-state index contributed by atoms with van der Waals surface area (Å²) in [5, 5.41) is 13.1. The number of hydrogen-bond acceptors (Lipinski definition) is 9. The highest BCUT2D eigenvalue weighted by molar-refractivity contribution is 5.98. The van der Waals surface area contributed by atoms with E-state index in [0.717, 1.165) is 11.1 Å². The molecular weight excluding hydrogens is 576 g/mol. The highest BCUT2D eigenvalue weighted by Gasteiger charge is 2.83. The van der Waals surface area contributed by atoms with E-state index in [1.165, 1.54) is 19.1 Å². The van der Waals surface area contributed by atoms with Crippen molar-refractivity contribution in [1.29, 1.82) is 0 Å². The Bertz CT molecular complexity index is 1500. The lowest BCUT2D eigenvalue weighted by molar-refractivity contribution is -0.225. The maximum atomic E-state index is 13.9. The van der Waals surface area contributed by atoms with E-state index in [-0.39, 0.29) is 23.6 Å². The smallest absolute Gasteiger partial charge is 0.333 e. The Morgan fingerprint density at radius 1 is 1.11 bits per heavy atom. The molecule has 3 fully saturated rings. The lowest BCUT2D eigenvalue weighted by atomic mass is 9.42. The number of ketones is 1. The Morgan fingerprint density at radius 2 is 1.84 bits per heavy atom. The fourth-order valence-electron chi connectivity index (χ4n) is 9.65. The molecular formula is C36H44O9. The van der Waals surface area contributed by atoms with Gasteiger partial charge >= 0.3 is 17.9 Å². The van der Waals surface area contributed by atoms with Gasteiger partial charge in [-0.05, 0) is 77.0 Å². The molecule has 9 nitrogen and oxygen atoms in total. The molecule has 1 spiro atoms. The zero-order valence-corrected chi connectivity index (χ0v) is 27.1. The van der Waals surface area contributed by atoms with Crippen LogP contribution < -0.4 is 0 Å². The Hall–Kier alpha value is -3.30. The molecule has 4 aliphatic carbocycles. The Labute approximate surface area is 264 Å². The van der Waals surface area contributed by atoms with Crippen LogP contribution in [-0.4, -0.2) is 64.4 Å². The van der Waals surface area contributed by atoms with Crippen molar-refractivity contribution < 1.29 is 43.2 Å². The van der Waals surface area contributed by atoms with Gasteiger partial charge in [-0.3, -0.25) is 9.59 Å². The van der Waals surface area contributed by atoms with Crippen LogP contribution in [0, 0.1) is 28.6 Å². The monoisotopic (exact) mass is 620 g/mol. The molecule has 2 saturated carbocycles. The second-order valence-electron chi connectivity index (χ2n) is 14.2. The van der Waals surface area contributed by atoms with E-state index in [2.05, 4.69) is 0 Å². The van der Waals surface area contributed by atoms with Gasteiger partial charge in [-0.2, -0.15) is 0 Å². The molecule has 11 atom stereocenters. The van der Waals surface area contributed by atoms with Crippen LogP contribution in [0.5, 0.6) is 0 Å². The summed E-state index contributed by atoms with van der Waals surface area (Å²) < 4.78 is 24.1. The maximum absolute atomic E-state index is 13.9. The van der Waals surface area contributed by atoms with Crippen LogP contribution in [0.15, 0.2) is 59.3 Å². The lowest BCUT2D eigenvalue weighted by Crippen LogP contribution is -2.70. The number of hydrogen-bond donors (Lipinski definition) is 1. The van der Waals surface area contributed by atoms with Crippen molar-refractivity contribution in [3.8, 4) is 0 Å². The summed E-state index contributed by atoms with van der Waals surface area (Å²) in [6.45, 7) is 12.8. The van der Waals surface area contributed by atoms with Crippen LogP contribution in [0.4, 0.5) is 0 Å². The average Bonchev–Trinajstić information content (AvgIpc) is 3.67. The van der Waals surface area contributed by atoms with Crippen molar-refractivity contribution in [2.75, 3.05) is 0 Å². The molecule has 6 aliphatic rings. The first-order valence-corrected chi connectivity index (χ1v) is 16.1. The molecule has 1 saturated heterocycles. The van der Waals surface area contributed by atoms with E-state index in [9.17, 15) is 24.3 Å². The third-order valence-electron chi connectivity index (χ3n) is 12.3. The van der Waals surface area contributed by atoms with Crippen molar-refractivity contribution >= 4 is 23.7 Å². The number of ether oxygens (including phenoxy) is 4. The van der Waals surface area contributed by atoms with Crippen molar-refractivity contribution in [3.05, 3.63) is 59.3 Å². The zero-order valence-electron chi connectivity index (χ0n) is 27.1. The largest absolute Gasteiger partial charge is 0.458 e. The van der Waals surface area contributed by atoms with E-state index in [1.54, 1.807) is 31.2 Å². The minimum Gasteiger partial charge on any atom is -0.458 e. The van der Waals surface area contributed by atoms with Gasteiger partial charge in [-0.1, -0.05) is 43.2 Å². The molecule has 1 N–H and O–H groups in total. The molecule has 0 aromatic rings. The van der Waals surface area contributed by atoms with Gasteiger partial charge in [0.05, 0.1) is 11.5 Å². The summed E-state index contributed by atoms with van der Waals surface area (Å²) in [6, 6.07) is 0. The summed E-state index contributed by atoms with van der Waals surface area (Å²) in [6.07, 6.45) is 10.9. The van der Waals surface area contributed by atoms with Gasteiger partial charge in [0.2, 0.25) is 0 Å². The van der Waals surface area contributed by atoms with Crippen LogP contribution in [0.1, 0.15) is 74.1 Å². The van der Waals surface area contributed by atoms with Gasteiger partial charge < -0.3 is 24.1 Å². The van der Waals surface area contributed by atoms with Gasteiger partial charge in [0.25, 0.3) is 0 Å². The number of aliphatic hydroxyl groups is 1. The second kappa shape index (κ2) is 10.6. The molecule has 0 aromatic heterocycles. The fourth-order valence-corrected chi connectivity index (χ4v) is 9.65. The zero-order chi connectivity index (χ0) is 32.7. The van der Waals surface area contributed by atoms with Crippen LogP contribution in [0.2, 0.25) is 0 Å². The number of epoxide rings is 1. The van der Waals surface area contributed by atoms with Crippen molar-refractivity contribution in [2.45, 2.75) is 110 Å². The minimum absolute atomic E-state index is 0.126. The van der Waals surface area contributed by atoms with Crippen LogP contribution in [0.25, 0.3) is 0 Å². The molecule has 2 heterocycles. The topological polar surface area (TPSA) is 129 Å². The van der Waals surface area contributed by atoms with Gasteiger partial charge in [0.15, 0.2) is 11.9 Å². The van der Waals surface area contributed by atoms with E-state index >= 15 is 0 Å². The van der Waals surface area contributed by atoms with Gasteiger partial charge in [-0.25, -0.2) is 9.59 Å². The highest BCUT2D eigenvalue weighted by atomic mass is 16.7. The number of allylic oxidation sites excluding steroid dienone is 4. The van der Waals surface area contributed by atoms with Gasteiger partial charge in [-0.15, -0.1) is 0 Å². The Kier molecular flexibility index (Phi) is 7.48. The first kappa shape index (κ1) is 31.7. The van der Waals surface area contributed by atoms with E-state index < -0.39 is 64.3 Å². The Balaban J connectivity index is 1.36. The molecule has 6 rings (SSSR count). The van der Waals surface area contributed by atoms with Crippen molar-refractivity contribution in [3.63, 3.8) is 0 Å². The second-order valence-corrected chi connectivity index (χ2v) is 14.2. The maximum Gasteiger partial charge on any atom is 0.333 e. The molecule has 2 aliphatic heterocycles. The van der Waals surface area contributed by atoms with Crippen LogP contribution >= 0.6 is 0 Å². The fraction of sp³-hybridized carbons (Fsp3) is 0.611. The summed E-state index contributed by atoms with van der Waals surface area (Å²) in [7, 11) is 0. The van der Waals surface area contributed by atoms with Crippen molar-refractivity contribution in [2.24, 2.45) is 28.6 Å². The predicted octanol–water partition coefficient (Wildman–Crippen LogP) is 4.64. The first-order chi connectivity index (χ1) is 21.2. The van der Waals surface area contributed by atoms with Gasteiger partial charge in [0, 0.05) is 36.3 Å². The molecule has 0 radical (unpaired) electrons. The van der Waals surface area contributed by atoms with E-state index in [1.807, 2.05) is 40.7 Å². The Morgan fingerprint density at radius 3 is 2.51 bits per heavy atom. The number of rotatable bonds is 6. The molecule has 9 heteroatoms. The first-order valence-electron chi connectivity index (χ1n) is 16.1. The minimum atomic E-state index is -1.55. The van der Waals surface area contributed by atoms with Crippen LogP contribution in [0.3, 0.4) is 0 Å².